The standard InChI is InChI=1S/C16H24N2O/c1-14-13-18(12-11-17(14)2)10-6-9-16(19)15-7-4-3-5-8-15/h3-5,7-8,14H,6,9-13H2,1-2H3. The van der Waals surface area contributed by atoms with E-state index in [0.717, 1.165) is 38.2 Å². The molecular weight excluding hydrogens is 236 g/mol. The Morgan fingerprint density at radius 3 is 2.68 bits per heavy atom. The molecule has 1 aromatic rings. The Labute approximate surface area is 116 Å². The number of nitrogens with zero attached hydrogens (tertiary/aromatic N) is 2. The third-order valence-corrected chi connectivity index (χ3v) is 4.02. The van der Waals surface area contributed by atoms with E-state index >= 15 is 0 Å². The van der Waals surface area contributed by atoms with E-state index in [1.54, 1.807) is 0 Å². The second-order valence-corrected chi connectivity index (χ2v) is 5.52. The maximum absolute atomic E-state index is 12.0. The molecule has 1 aliphatic rings. The van der Waals surface area contributed by atoms with E-state index in [9.17, 15) is 4.79 Å². The number of Topliss-reactive ketones (excluding diaryl/α,β-unsaturated/α-hetero) is 1. The molecule has 1 aromatic carbocycles. The Hall–Kier alpha value is -1.19. The SMILES string of the molecule is CC1CN(CCCC(=O)c2ccccc2)CCN1C. The van der Waals surface area contributed by atoms with Gasteiger partial charge >= 0.3 is 0 Å². The lowest BCUT2D eigenvalue weighted by atomic mass is 10.1. The van der Waals surface area contributed by atoms with Gasteiger partial charge < -0.3 is 9.80 Å². The van der Waals surface area contributed by atoms with Gasteiger partial charge in [0.25, 0.3) is 0 Å². The van der Waals surface area contributed by atoms with Crippen molar-refractivity contribution in [1.82, 2.24) is 9.80 Å². The number of benzene rings is 1. The van der Waals surface area contributed by atoms with E-state index in [1.807, 2.05) is 30.3 Å². The van der Waals surface area contributed by atoms with Crippen molar-refractivity contribution in [3.8, 4) is 0 Å². The van der Waals surface area contributed by atoms with Crippen molar-refractivity contribution in [2.75, 3.05) is 33.2 Å². The van der Waals surface area contributed by atoms with Crippen molar-refractivity contribution in [2.24, 2.45) is 0 Å². The van der Waals surface area contributed by atoms with E-state index in [-0.39, 0.29) is 5.78 Å². The van der Waals surface area contributed by atoms with Crippen molar-refractivity contribution in [2.45, 2.75) is 25.8 Å². The molecule has 1 heterocycles. The van der Waals surface area contributed by atoms with E-state index in [1.165, 1.54) is 0 Å². The molecule has 104 valence electrons. The van der Waals surface area contributed by atoms with Gasteiger partial charge in [-0.15, -0.1) is 0 Å². The maximum Gasteiger partial charge on any atom is 0.162 e. The van der Waals surface area contributed by atoms with Gasteiger partial charge in [0.15, 0.2) is 5.78 Å². The monoisotopic (exact) mass is 260 g/mol. The third kappa shape index (κ3) is 4.15. The molecule has 0 saturated carbocycles. The molecule has 0 N–H and O–H groups in total. The van der Waals surface area contributed by atoms with Crippen LogP contribution in [0.25, 0.3) is 0 Å². The minimum atomic E-state index is 0.266. The first-order chi connectivity index (χ1) is 9.16. The number of carbonyl (C=O) groups is 1. The number of hydrogen-bond acceptors (Lipinski definition) is 3. The molecule has 0 aliphatic carbocycles. The summed E-state index contributed by atoms with van der Waals surface area (Å²) in [6.45, 7) is 6.68. The van der Waals surface area contributed by atoms with Crippen LogP contribution in [0.5, 0.6) is 0 Å². The summed E-state index contributed by atoms with van der Waals surface area (Å²) in [4.78, 5) is 16.8. The Morgan fingerprint density at radius 1 is 1.26 bits per heavy atom. The lowest BCUT2D eigenvalue weighted by Crippen LogP contribution is -2.50. The van der Waals surface area contributed by atoms with Crippen LogP contribution in [0.15, 0.2) is 30.3 Å². The molecule has 1 unspecified atom stereocenters. The number of hydrogen-bond donors (Lipinski definition) is 0. The Balaban J connectivity index is 1.71. The van der Waals surface area contributed by atoms with Crippen LogP contribution >= 0.6 is 0 Å². The highest BCUT2D eigenvalue weighted by atomic mass is 16.1. The minimum absolute atomic E-state index is 0.266. The van der Waals surface area contributed by atoms with E-state index in [4.69, 9.17) is 0 Å². The summed E-state index contributed by atoms with van der Waals surface area (Å²) in [5, 5.41) is 0. The summed E-state index contributed by atoms with van der Waals surface area (Å²) < 4.78 is 0. The molecule has 1 aliphatic heterocycles. The van der Waals surface area contributed by atoms with Gasteiger partial charge in [-0.05, 0) is 26.9 Å². The van der Waals surface area contributed by atoms with Crippen LogP contribution in [0.4, 0.5) is 0 Å². The smallest absolute Gasteiger partial charge is 0.162 e. The summed E-state index contributed by atoms with van der Waals surface area (Å²) in [5.41, 5.74) is 0.842. The first kappa shape index (κ1) is 14.2. The zero-order chi connectivity index (χ0) is 13.7. The van der Waals surface area contributed by atoms with Crippen molar-refractivity contribution >= 4 is 5.78 Å². The van der Waals surface area contributed by atoms with Gasteiger partial charge in [-0.3, -0.25) is 4.79 Å². The molecule has 19 heavy (non-hydrogen) atoms. The van der Waals surface area contributed by atoms with Crippen molar-refractivity contribution in [3.63, 3.8) is 0 Å². The van der Waals surface area contributed by atoms with Crippen molar-refractivity contribution < 1.29 is 4.79 Å². The normalized spacial score (nSPS) is 21.5. The molecule has 2 rings (SSSR count). The van der Waals surface area contributed by atoms with Crippen LogP contribution in [0.1, 0.15) is 30.1 Å². The Morgan fingerprint density at radius 2 is 2.00 bits per heavy atom. The molecular formula is C16H24N2O. The highest BCUT2D eigenvalue weighted by Gasteiger charge is 2.20. The highest BCUT2D eigenvalue weighted by molar-refractivity contribution is 5.95. The number of piperazine rings is 1. The van der Waals surface area contributed by atoms with E-state index in [2.05, 4.69) is 23.8 Å². The fraction of sp³-hybridized carbons (Fsp3) is 0.562. The van der Waals surface area contributed by atoms with Crippen LogP contribution in [-0.2, 0) is 0 Å². The molecule has 0 bridgehead atoms. The summed E-state index contributed by atoms with van der Waals surface area (Å²) in [6.07, 6.45) is 1.62. The Kier molecular flexibility index (Phi) is 5.11. The molecule has 3 heteroatoms. The molecule has 0 aromatic heterocycles. The number of likely N-dealkylation sites (N-methyl/N-ethyl adjacent to an activating group) is 1. The predicted molar refractivity (Wildman–Crippen MR) is 78.5 cm³/mol. The number of ketones is 1. The zero-order valence-corrected chi connectivity index (χ0v) is 12.0. The lowest BCUT2D eigenvalue weighted by Gasteiger charge is -2.37. The van der Waals surface area contributed by atoms with Gasteiger partial charge in [0.05, 0.1) is 0 Å². The first-order valence-electron chi connectivity index (χ1n) is 7.17. The van der Waals surface area contributed by atoms with Gasteiger partial charge in [0.1, 0.15) is 0 Å². The van der Waals surface area contributed by atoms with Crippen LogP contribution in [0, 0.1) is 0 Å². The van der Waals surface area contributed by atoms with Crippen molar-refractivity contribution in [3.05, 3.63) is 35.9 Å². The average Bonchev–Trinajstić information content (AvgIpc) is 2.43. The highest BCUT2D eigenvalue weighted by Crippen LogP contribution is 2.10. The fourth-order valence-corrected chi connectivity index (χ4v) is 2.56. The summed E-state index contributed by atoms with van der Waals surface area (Å²) in [6, 6.07) is 10.2. The van der Waals surface area contributed by atoms with Crippen LogP contribution in [0.2, 0.25) is 0 Å². The molecule has 0 spiro atoms. The van der Waals surface area contributed by atoms with Crippen LogP contribution < -0.4 is 0 Å². The fourth-order valence-electron chi connectivity index (χ4n) is 2.56. The predicted octanol–water partition coefficient (Wildman–Crippen LogP) is 2.29. The van der Waals surface area contributed by atoms with E-state index in [0.29, 0.717) is 12.5 Å². The topological polar surface area (TPSA) is 23.6 Å². The second-order valence-electron chi connectivity index (χ2n) is 5.52. The third-order valence-electron chi connectivity index (χ3n) is 4.02. The Bertz CT molecular complexity index is 404. The zero-order valence-electron chi connectivity index (χ0n) is 12.0. The first-order valence-corrected chi connectivity index (χ1v) is 7.17. The molecule has 0 radical (unpaired) electrons. The number of rotatable bonds is 5. The summed E-state index contributed by atoms with van der Waals surface area (Å²) in [5.74, 6) is 0.266. The number of carbonyl (C=O) groups excluding carboxylic acids is 1. The molecule has 1 fully saturated rings. The molecule has 1 saturated heterocycles. The van der Waals surface area contributed by atoms with Crippen molar-refractivity contribution in [1.29, 1.82) is 0 Å². The summed E-state index contributed by atoms with van der Waals surface area (Å²) in [7, 11) is 2.18. The van der Waals surface area contributed by atoms with E-state index < -0.39 is 0 Å². The lowest BCUT2D eigenvalue weighted by molar-refractivity contribution is 0.0929. The van der Waals surface area contributed by atoms with Gasteiger partial charge in [0, 0.05) is 37.7 Å². The van der Waals surface area contributed by atoms with Gasteiger partial charge in [-0.25, -0.2) is 0 Å². The average molecular weight is 260 g/mol. The van der Waals surface area contributed by atoms with Gasteiger partial charge in [-0.1, -0.05) is 30.3 Å². The minimum Gasteiger partial charge on any atom is -0.301 e. The molecule has 3 nitrogen and oxygen atoms in total. The second kappa shape index (κ2) is 6.83. The molecule has 1 atom stereocenters. The van der Waals surface area contributed by atoms with Gasteiger partial charge in [-0.2, -0.15) is 0 Å². The summed E-state index contributed by atoms with van der Waals surface area (Å²) >= 11 is 0. The quantitative estimate of drug-likeness (QED) is 0.759. The van der Waals surface area contributed by atoms with Crippen LogP contribution in [0.3, 0.4) is 0 Å². The van der Waals surface area contributed by atoms with Crippen LogP contribution in [-0.4, -0.2) is 54.9 Å². The maximum atomic E-state index is 12.0. The molecule has 0 amide bonds. The van der Waals surface area contributed by atoms with Gasteiger partial charge in [0.2, 0.25) is 0 Å². The largest absolute Gasteiger partial charge is 0.301 e.